The molecule has 3 rings (SSSR count). The molecular weight excluding hydrogens is 372 g/mol. The van der Waals surface area contributed by atoms with Gasteiger partial charge in [-0.15, -0.1) is 0 Å². The van der Waals surface area contributed by atoms with Gasteiger partial charge in [-0.25, -0.2) is 0 Å². The van der Waals surface area contributed by atoms with Crippen LogP contribution in [0.15, 0.2) is 78.9 Å². The minimum absolute atomic E-state index is 0.0402. The van der Waals surface area contributed by atoms with Crippen molar-refractivity contribution in [3.8, 4) is 11.1 Å². The Morgan fingerprint density at radius 3 is 2.03 bits per heavy atom. The number of hydrogen-bond donors (Lipinski definition) is 2. The van der Waals surface area contributed by atoms with Gasteiger partial charge >= 0.3 is 0 Å². The van der Waals surface area contributed by atoms with Crippen LogP contribution in [-0.2, 0) is 11.2 Å². The summed E-state index contributed by atoms with van der Waals surface area (Å²) in [6.45, 7) is 4.13. The smallest absolute Gasteiger partial charge is 0.251 e. The number of anilines is 1. The Labute approximate surface area is 178 Å². The summed E-state index contributed by atoms with van der Waals surface area (Å²) in [4.78, 5) is 24.5. The molecule has 3 aromatic carbocycles. The number of carbonyl (C=O) groups excluding carboxylic acids is 2. The van der Waals surface area contributed by atoms with Crippen LogP contribution in [0.3, 0.4) is 0 Å². The van der Waals surface area contributed by atoms with E-state index in [4.69, 9.17) is 0 Å². The second-order valence-electron chi connectivity index (χ2n) is 7.53. The van der Waals surface area contributed by atoms with Crippen molar-refractivity contribution in [1.82, 2.24) is 5.32 Å². The Kier molecular flexibility index (Phi) is 7.39. The monoisotopic (exact) mass is 400 g/mol. The first-order valence-corrected chi connectivity index (χ1v) is 10.4. The molecule has 2 amide bonds. The summed E-state index contributed by atoms with van der Waals surface area (Å²) in [7, 11) is 0. The highest BCUT2D eigenvalue weighted by Gasteiger charge is 2.09. The average molecular weight is 401 g/mol. The fraction of sp³-hybridized carbons (Fsp3) is 0.231. The summed E-state index contributed by atoms with van der Waals surface area (Å²) in [5.74, 6) is -0.0828. The number of rotatable bonds is 8. The fourth-order valence-corrected chi connectivity index (χ4v) is 3.36. The molecule has 0 aliphatic heterocycles. The molecule has 0 saturated carbocycles. The van der Waals surface area contributed by atoms with Crippen molar-refractivity contribution in [2.45, 2.75) is 39.2 Å². The largest absolute Gasteiger partial charge is 0.350 e. The van der Waals surface area contributed by atoms with Gasteiger partial charge < -0.3 is 10.6 Å². The first-order valence-electron chi connectivity index (χ1n) is 10.4. The number of nitrogens with one attached hydrogen (secondary N) is 2. The van der Waals surface area contributed by atoms with Crippen molar-refractivity contribution in [3.05, 3.63) is 90.0 Å². The molecule has 0 aliphatic rings. The molecule has 0 aliphatic carbocycles. The zero-order valence-electron chi connectivity index (χ0n) is 17.5. The first kappa shape index (κ1) is 21.3. The molecule has 2 N–H and O–H groups in total. The summed E-state index contributed by atoms with van der Waals surface area (Å²) in [6.07, 6.45) is 2.37. The Hall–Kier alpha value is -3.40. The third-order valence-electron chi connectivity index (χ3n) is 4.96. The lowest BCUT2D eigenvalue weighted by atomic mass is 10.0. The molecule has 0 spiro atoms. The van der Waals surface area contributed by atoms with Crippen molar-refractivity contribution >= 4 is 17.5 Å². The highest BCUT2D eigenvalue weighted by Crippen LogP contribution is 2.22. The lowest BCUT2D eigenvalue weighted by Gasteiger charge is -2.13. The molecule has 0 fully saturated rings. The molecule has 3 aromatic rings. The highest BCUT2D eigenvalue weighted by atomic mass is 16.2. The van der Waals surface area contributed by atoms with E-state index in [1.54, 1.807) is 0 Å². The van der Waals surface area contributed by atoms with Crippen molar-refractivity contribution in [1.29, 1.82) is 0 Å². The summed E-state index contributed by atoms with van der Waals surface area (Å²) in [5, 5.41) is 5.95. The normalized spacial score (nSPS) is 11.5. The highest BCUT2D eigenvalue weighted by molar-refractivity contribution is 5.95. The molecule has 0 heterocycles. The molecule has 0 saturated heterocycles. The average Bonchev–Trinajstić information content (AvgIpc) is 2.75. The third kappa shape index (κ3) is 6.05. The van der Waals surface area contributed by atoms with Gasteiger partial charge in [0.25, 0.3) is 5.91 Å². The first-order chi connectivity index (χ1) is 14.5. The number of hydrogen-bond acceptors (Lipinski definition) is 2. The molecular formula is C26H28N2O2. The molecule has 0 bridgehead atoms. The van der Waals surface area contributed by atoms with Gasteiger partial charge in [-0.3, -0.25) is 9.59 Å². The van der Waals surface area contributed by atoms with Crippen molar-refractivity contribution < 1.29 is 9.59 Å². The minimum atomic E-state index is -0.0426. The Balaban J connectivity index is 1.59. The number of amides is 2. The molecule has 0 aromatic heterocycles. The third-order valence-corrected chi connectivity index (χ3v) is 4.96. The van der Waals surface area contributed by atoms with Gasteiger partial charge in [0.15, 0.2) is 0 Å². The van der Waals surface area contributed by atoms with Gasteiger partial charge in [0.2, 0.25) is 5.91 Å². The predicted octanol–water partition coefficient (Wildman–Crippen LogP) is 5.45. The standard InChI is InChI=1S/C26H28N2O2/c1-3-7-19(2)27-26(30)23-12-10-21(11-13-23)22-14-16-24(17-15-22)28-25(29)18-20-8-5-4-6-9-20/h4-6,8-17,19H,3,7,18H2,1-2H3,(H,27,30)(H,28,29). The molecule has 1 atom stereocenters. The van der Waals surface area contributed by atoms with E-state index in [0.717, 1.165) is 35.2 Å². The Morgan fingerprint density at radius 1 is 0.833 bits per heavy atom. The topological polar surface area (TPSA) is 58.2 Å². The SMILES string of the molecule is CCCC(C)NC(=O)c1ccc(-c2ccc(NC(=O)Cc3ccccc3)cc2)cc1. The van der Waals surface area contributed by atoms with E-state index in [0.29, 0.717) is 12.0 Å². The van der Waals surface area contributed by atoms with Crippen LogP contribution >= 0.6 is 0 Å². The molecule has 1 unspecified atom stereocenters. The van der Waals surface area contributed by atoms with Crippen LogP contribution in [0.4, 0.5) is 5.69 Å². The fourth-order valence-electron chi connectivity index (χ4n) is 3.36. The molecule has 4 nitrogen and oxygen atoms in total. The van der Waals surface area contributed by atoms with Crippen LogP contribution < -0.4 is 10.6 Å². The van der Waals surface area contributed by atoms with E-state index < -0.39 is 0 Å². The maximum atomic E-state index is 12.3. The molecule has 4 heteroatoms. The molecule has 30 heavy (non-hydrogen) atoms. The van der Waals surface area contributed by atoms with Gasteiger partial charge in [-0.2, -0.15) is 0 Å². The summed E-state index contributed by atoms with van der Waals surface area (Å²) < 4.78 is 0. The van der Waals surface area contributed by atoms with E-state index in [1.165, 1.54) is 0 Å². The van der Waals surface area contributed by atoms with Gasteiger partial charge in [0.1, 0.15) is 0 Å². The number of carbonyl (C=O) groups is 2. The Bertz CT molecular complexity index is 964. The van der Waals surface area contributed by atoms with E-state index >= 15 is 0 Å². The van der Waals surface area contributed by atoms with E-state index in [-0.39, 0.29) is 17.9 Å². The van der Waals surface area contributed by atoms with Crippen LogP contribution in [-0.4, -0.2) is 17.9 Å². The maximum Gasteiger partial charge on any atom is 0.251 e. The van der Waals surface area contributed by atoms with E-state index in [1.807, 2.05) is 85.8 Å². The zero-order chi connectivity index (χ0) is 21.3. The minimum Gasteiger partial charge on any atom is -0.350 e. The van der Waals surface area contributed by atoms with Crippen LogP contribution in [0.2, 0.25) is 0 Å². The van der Waals surface area contributed by atoms with E-state index in [2.05, 4.69) is 17.6 Å². The van der Waals surface area contributed by atoms with Gasteiger partial charge in [0.05, 0.1) is 6.42 Å². The van der Waals surface area contributed by atoms with Crippen LogP contribution in [0.5, 0.6) is 0 Å². The lowest BCUT2D eigenvalue weighted by Crippen LogP contribution is -2.32. The second-order valence-corrected chi connectivity index (χ2v) is 7.53. The van der Waals surface area contributed by atoms with Crippen LogP contribution in [0.1, 0.15) is 42.6 Å². The predicted molar refractivity (Wildman–Crippen MR) is 122 cm³/mol. The van der Waals surface area contributed by atoms with E-state index in [9.17, 15) is 9.59 Å². The maximum absolute atomic E-state index is 12.3. The molecule has 154 valence electrons. The second kappa shape index (κ2) is 10.4. The van der Waals surface area contributed by atoms with Crippen LogP contribution in [0.25, 0.3) is 11.1 Å². The van der Waals surface area contributed by atoms with Crippen LogP contribution in [0, 0.1) is 0 Å². The van der Waals surface area contributed by atoms with Gasteiger partial charge in [-0.05, 0) is 54.3 Å². The van der Waals surface area contributed by atoms with Gasteiger partial charge in [0, 0.05) is 17.3 Å². The Morgan fingerprint density at radius 2 is 1.43 bits per heavy atom. The number of benzene rings is 3. The summed E-state index contributed by atoms with van der Waals surface area (Å²) >= 11 is 0. The van der Waals surface area contributed by atoms with Crippen molar-refractivity contribution in [2.24, 2.45) is 0 Å². The summed E-state index contributed by atoms with van der Waals surface area (Å²) in [6, 6.07) is 25.2. The van der Waals surface area contributed by atoms with Crippen molar-refractivity contribution in [3.63, 3.8) is 0 Å². The molecule has 0 radical (unpaired) electrons. The van der Waals surface area contributed by atoms with Gasteiger partial charge in [-0.1, -0.05) is 67.9 Å². The van der Waals surface area contributed by atoms with Crippen molar-refractivity contribution in [2.75, 3.05) is 5.32 Å². The lowest BCUT2D eigenvalue weighted by molar-refractivity contribution is -0.115. The summed E-state index contributed by atoms with van der Waals surface area (Å²) in [5.41, 5.74) is 4.46. The zero-order valence-corrected chi connectivity index (χ0v) is 17.5. The quantitative estimate of drug-likeness (QED) is 0.528.